The minimum Gasteiger partial charge on any atom is -0.329 e. The van der Waals surface area contributed by atoms with Crippen molar-refractivity contribution in [3.05, 3.63) is 28.8 Å². The second-order valence-electron chi connectivity index (χ2n) is 3.15. The zero-order valence-corrected chi connectivity index (χ0v) is 8.43. The van der Waals surface area contributed by atoms with E-state index in [1.54, 1.807) is 6.07 Å². The van der Waals surface area contributed by atoms with E-state index in [0.717, 1.165) is 11.3 Å². The third-order valence-corrected chi connectivity index (χ3v) is 2.18. The van der Waals surface area contributed by atoms with Gasteiger partial charge in [0, 0.05) is 10.7 Å². The summed E-state index contributed by atoms with van der Waals surface area (Å²) in [4.78, 5) is 10.2. The van der Waals surface area contributed by atoms with Gasteiger partial charge < -0.3 is 5.32 Å². The molecule has 1 N–H and O–H groups in total. The zero-order valence-electron chi connectivity index (χ0n) is 7.67. The summed E-state index contributed by atoms with van der Waals surface area (Å²) >= 11 is 6.00. The molecule has 0 atom stereocenters. The fraction of sp³-hybridized carbons (Fsp3) is 0.300. The van der Waals surface area contributed by atoms with Crippen LogP contribution in [0, 0.1) is 0 Å². The Morgan fingerprint density at radius 3 is 2.62 bits per heavy atom. The van der Waals surface area contributed by atoms with E-state index in [1.165, 1.54) is 0 Å². The van der Waals surface area contributed by atoms with E-state index in [0.29, 0.717) is 17.4 Å². The highest BCUT2D eigenvalue weighted by Gasteiger charge is 2.04. The maximum Gasteiger partial charge on any atom is 0.211 e. The second kappa shape index (κ2) is 4.28. The summed E-state index contributed by atoms with van der Waals surface area (Å²) in [5, 5.41) is 3.25. The number of benzene rings is 1. The summed E-state index contributed by atoms with van der Waals surface area (Å²) in [6.07, 6.45) is 0.640. The van der Waals surface area contributed by atoms with Crippen LogP contribution in [0.2, 0.25) is 5.02 Å². The fourth-order valence-electron chi connectivity index (χ4n) is 1.15. The van der Waals surface area contributed by atoms with Crippen LogP contribution in [0.4, 0.5) is 5.69 Å². The first-order valence-corrected chi connectivity index (χ1v) is 4.52. The molecule has 0 aliphatic rings. The van der Waals surface area contributed by atoms with Crippen LogP contribution in [0.3, 0.4) is 0 Å². The average Bonchev–Trinajstić information content (AvgIpc) is 2.04. The van der Waals surface area contributed by atoms with Gasteiger partial charge in [-0.15, -0.1) is 0 Å². The Kier molecular flexibility index (Phi) is 3.32. The number of hydrogen-bond acceptors (Lipinski definition) is 1. The van der Waals surface area contributed by atoms with Crippen molar-refractivity contribution in [2.24, 2.45) is 0 Å². The predicted molar refractivity (Wildman–Crippen MR) is 55.2 cm³/mol. The number of nitrogens with one attached hydrogen (secondary N) is 1. The molecule has 0 saturated carbocycles. The van der Waals surface area contributed by atoms with Crippen molar-refractivity contribution >= 4 is 23.7 Å². The summed E-state index contributed by atoms with van der Waals surface area (Å²) in [5.74, 6) is 0.401. The van der Waals surface area contributed by atoms with Crippen LogP contribution in [0.1, 0.15) is 25.3 Å². The third kappa shape index (κ3) is 2.46. The van der Waals surface area contributed by atoms with Crippen LogP contribution >= 0.6 is 11.6 Å². The smallest absolute Gasteiger partial charge is 0.211 e. The number of amides is 1. The molecule has 1 amide bonds. The van der Waals surface area contributed by atoms with Crippen molar-refractivity contribution in [3.63, 3.8) is 0 Å². The summed E-state index contributed by atoms with van der Waals surface area (Å²) in [7, 11) is 0. The van der Waals surface area contributed by atoms with Gasteiger partial charge in [-0.2, -0.15) is 0 Å². The first-order valence-electron chi connectivity index (χ1n) is 4.14. The van der Waals surface area contributed by atoms with Gasteiger partial charge in [-0.3, -0.25) is 4.79 Å². The molecule has 0 aliphatic carbocycles. The monoisotopic (exact) mass is 197 g/mol. The molecule has 2 nitrogen and oxygen atoms in total. The topological polar surface area (TPSA) is 29.1 Å². The second-order valence-corrected chi connectivity index (χ2v) is 3.56. The van der Waals surface area contributed by atoms with Crippen LogP contribution in [-0.2, 0) is 4.79 Å². The first kappa shape index (κ1) is 10.1. The van der Waals surface area contributed by atoms with Crippen LogP contribution in [0.15, 0.2) is 18.2 Å². The molecule has 0 radical (unpaired) electrons. The Morgan fingerprint density at radius 1 is 1.46 bits per heavy atom. The van der Waals surface area contributed by atoms with Gasteiger partial charge in [-0.25, -0.2) is 0 Å². The molecule has 0 aliphatic heterocycles. The summed E-state index contributed by atoms with van der Waals surface area (Å²) < 4.78 is 0. The highest BCUT2D eigenvalue weighted by atomic mass is 35.5. The lowest BCUT2D eigenvalue weighted by atomic mass is 10.0. The molecule has 13 heavy (non-hydrogen) atoms. The van der Waals surface area contributed by atoms with E-state index in [1.807, 2.05) is 12.1 Å². The largest absolute Gasteiger partial charge is 0.329 e. The van der Waals surface area contributed by atoms with Gasteiger partial charge in [0.05, 0.1) is 0 Å². The fourth-order valence-corrected chi connectivity index (χ4v) is 1.55. The highest BCUT2D eigenvalue weighted by molar-refractivity contribution is 6.31. The van der Waals surface area contributed by atoms with Crippen LogP contribution in [0.25, 0.3) is 0 Å². The number of anilines is 1. The van der Waals surface area contributed by atoms with E-state index >= 15 is 0 Å². The number of halogens is 1. The predicted octanol–water partition coefficient (Wildman–Crippen LogP) is 3.03. The Hall–Kier alpha value is -1.02. The van der Waals surface area contributed by atoms with Gasteiger partial charge in [0.1, 0.15) is 0 Å². The Labute approximate surface area is 82.9 Å². The molecule has 0 heterocycles. The number of rotatable bonds is 3. The molecule has 1 aromatic carbocycles. The van der Waals surface area contributed by atoms with Crippen molar-refractivity contribution < 1.29 is 4.79 Å². The lowest BCUT2D eigenvalue weighted by Gasteiger charge is -2.08. The quantitative estimate of drug-likeness (QED) is 0.742. The lowest BCUT2D eigenvalue weighted by molar-refractivity contribution is -0.105. The highest BCUT2D eigenvalue weighted by Crippen LogP contribution is 2.26. The van der Waals surface area contributed by atoms with Crippen molar-refractivity contribution in [1.29, 1.82) is 0 Å². The van der Waals surface area contributed by atoms with Gasteiger partial charge in [0.2, 0.25) is 6.41 Å². The molecule has 3 heteroatoms. The molecule has 0 aromatic heterocycles. The number of carbonyl (C=O) groups is 1. The minimum absolute atomic E-state index is 0.401. The molecular formula is C10H12ClNO. The zero-order chi connectivity index (χ0) is 9.84. The average molecular weight is 198 g/mol. The molecule has 0 fully saturated rings. The maximum absolute atomic E-state index is 10.2. The number of carbonyl (C=O) groups excluding carboxylic acids is 1. The summed E-state index contributed by atoms with van der Waals surface area (Å²) in [6, 6.07) is 5.53. The van der Waals surface area contributed by atoms with Gasteiger partial charge in [-0.1, -0.05) is 31.5 Å². The van der Waals surface area contributed by atoms with E-state index in [4.69, 9.17) is 11.6 Å². The molecule has 1 aromatic rings. The van der Waals surface area contributed by atoms with Crippen molar-refractivity contribution in [2.45, 2.75) is 19.8 Å². The molecule has 70 valence electrons. The maximum atomic E-state index is 10.2. The van der Waals surface area contributed by atoms with E-state index in [9.17, 15) is 4.79 Å². The van der Waals surface area contributed by atoms with Crippen LogP contribution < -0.4 is 5.32 Å². The molecular weight excluding hydrogens is 186 g/mol. The van der Waals surface area contributed by atoms with Crippen molar-refractivity contribution in [1.82, 2.24) is 0 Å². The molecule has 0 unspecified atom stereocenters. The standard InChI is InChI=1S/C10H12ClNO/c1-7(2)9-4-3-8(12-6-13)5-10(9)11/h3-7H,1-2H3,(H,12,13). The van der Waals surface area contributed by atoms with Crippen LogP contribution in [0.5, 0.6) is 0 Å². The number of hydrogen-bond donors (Lipinski definition) is 1. The van der Waals surface area contributed by atoms with Gasteiger partial charge in [-0.05, 0) is 23.6 Å². The Balaban J connectivity index is 2.98. The molecule has 0 saturated heterocycles. The first-order chi connectivity index (χ1) is 6.15. The van der Waals surface area contributed by atoms with Crippen molar-refractivity contribution in [2.75, 3.05) is 5.32 Å². The Bertz CT molecular complexity index is 310. The molecule has 0 bridgehead atoms. The van der Waals surface area contributed by atoms with Gasteiger partial charge in [0.15, 0.2) is 0 Å². The third-order valence-electron chi connectivity index (χ3n) is 1.85. The molecule has 1 rings (SSSR count). The lowest BCUT2D eigenvalue weighted by Crippen LogP contribution is -1.95. The SMILES string of the molecule is CC(C)c1ccc(NC=O)cc1Cl. The Morgan fingerprint density at radius 2 is 2.15 bits per heavy atom. The van der Waals surface area contributed by atoms with Gasteiger partial charge in [0.25, 0.3) is 0 Å². The summed E-state index contributed by atoms with van der Waals surface area (Å²) in [6.45, 7) is 4.15. The van der Waals surface area contributed by atoms with E-state index in [-0.39, 0.29) is 0 Å². The summed E-state index contributed by atoms with van der Waals surface area (Å²) in [5.41, 5.74) is 1.82. The van der Waals surface area contributed by atoms with Crippen LogP contribution in [-0.4, -0.2) is 6.41 Å². The minimum atomic E-state index is 0.401. The normalized spacial score (nSPS) is 10.2. The van der Waals surface area contributed by atoms with E-state index < -0.39 is 0 Å². The van der Waals surface area contributed by atoms with Crippen molar-refractivity contribution in [3.8, 4) is 0 Å². The van der Waals surface area contributed by atoms with E-state index in [2.05, 4.69) is 19.2 Å². The molecule has 0 spiro atoms. The van der Waals surface area contributed by atoms with Gasteiger partial charge >= 0.3 is 0 Å².